The van der Waals surface area contributed by atoms with Crippen LogP contribution in [0.4, 0.5) is 0 Å². The topological polar surface area (TPSA) is 77.0 Å². The van der Waals surface area contributed by atoms with E-state index in [0.717, 1.165) is 38.7 Å². The van der Waals surface area contributed by atoms with E-state index in [1.54, 1.807) is 0 Å². The molecule has 0 aromatic heterocycles. The molecule has 2 atom stereocenters. The Bertz CT molecular complexity index is 500. The smallest absolute Gasteiger partial charge is 0.191 e. The van der Waals surface area contributed by atoms with Crippen molar-refractivity contribution in [3.8, 4) is 0 Å². The standard InChI is InChI=1S/C15H31N5O2S/c1-4-16-15(18-13(2)5-10-23(3,21)22)17-11-14-12-19-6-8-20(14)9-7-19/h13-14H,4-12H2,1-3H3,(H2,16,17,18). The van der Waals surface area contributed by atoms with Gasteiger partial charge in [0, 0.05) is 57.6 Å². The van der Waals surface area contributed by atoms with E-state index < -0.39 is 9.84 Å². The van der Waals surface area contributed by atoms with Gasteiger partial charge in [0.25, 0.3) is 0 Å². The van der Waals surface area contributed by atoms with Crippen LogP contribution in [0.3, 0.4) is 0 Å². The Morgan fingerprint density at radius 2 is 2.00 bits per heavy atom. The molecule has 134 valence electrons. The van der Waals surface area contributed by atoms with Crippen LogP contribution in [-0.4, -0.2) is 94.1 Å². The van der Waals surface area contributed by atoms with Gasteiger partial charge in [0.15, 0.2) is 5.96 Å². The first-order chi connectivity index (χ1) is 10.9. The van der Waals surface area contributed by atoms with E-state index in [1.165, 1.54) is 19.3 Å². The van der Waals surface area contributed by atoms with Crippen molar-refractivity contribution >= 4 is 15.8 Å². The molecule has 0 radical (unpaired) electrons. The zero-order valence-corrected chi connectivity index (χ0v) is 15.4. The third-order valence-electron chi connectivity index (χ3n) is 4.50. The van der Waals surface area contributed by atoms with Gasteiger partial charge in [-0.25, -0.2) is 8.42 Å². The molecule has 0 aromatic rings. The highest BCUT2D eigenvalue weighted by atomic mass is 32.2. The van der Waals surface area contributed by atoms with Crippen molar-refractivity contribution in [2.24, 2.45) is 4.99 Å². The molecule has 7 nitrogen and oxygen atoms in total. The van der Waals surface area contributed by atoms with Crippen LogP contribution in [0.5, 0.6) is 0 Å². The summed E-state index contributed by atoms with van der Waals surface area (Å²) in [5.41, 5.74) is 0. The van der Waals surface area contributed by atoms with Crippen LogP contribution in [0.1, 0.15) is 20.3 Å². The lowest BCUT2D eigenvalue weighted by Crippen LogP contribution is -2.62. The molecule has 3 aliphatic rings. The van der Waals surface area contributed by atoms with Crippen molar-refractivity contribution in [2.75, 3.05) is 57.8 Å². The summed E-state index contributed by atoms with van der Waals surface area (Å²) in [6.45, 7) is 11.4. The highest BCUT2D eigenvalue weighted by molar-refractivity contribution is 7.90. The lowest BCUT2D eigenvalue weighted by atomic mass is 10.1. The molecule has 3 saturated heterocycles. The van der Waals surface area contributed by atoms with Gasteiger partial charge >= 0.3 is 0 Å². The fourth-order valence-corrected chi connectivity index (χ4v) is 3.89. The maximum absolute atomic E-state index is 11.3. The van der Waals surface area contributed by atoms with Crippen LogP contribution in [0.15, 0.2) is 4.99 Å². The zero-order valence-electron chi connectivity index (χ0n) is 14.6. The lowest BCUT2D eigenvalue weighted by molar-refractivity contribution is 0.0174. The molecule has 2 bridgehead atoms. The Hall–Kier alpha value is -0.860. The minimum Gasteiger partial charge on any atom is -0.357 e. The summed E-state index contributed by atoms with van der Waals surface area (Å²) in [6.07, 6.45) is 1.87. The number of hydrogen-bond acceptors (Lipinski definition) is 5. The highest BCUT2D eigenvalue weighted by Gasteiger charge is 2.31. The molecule has 3 fully saturated rings. The molecule has 2 unspecified atom stereocenters. The van der Waals surface area contributed by atoms with Crippen LogP contribution in [-0.2, 0) is 9.84 Å². The minimum atomic E-state index is -2.91. The number of aliphatic imine (C=N–C) groups is 1. The van der Waals surface area contributed by atoms with Crippen molar-refractivity contribution < 1.29 is 8.42 Å². The summed E-state index contributed by atoms with van der Waals surface area (Å²) in [4.78, 5) is 9.75. The first kappa shape index (κ1) is 18.5. The van der Waals surface area contributed by atoms with E-state index in [9.17, 15) is 8.42 Å². The summed E-state index contributed by atoms with van der Waals surface area (Å²) in [6, 6.07) is 0.577. The summed E-state index contributed by atoms with van der Waals surface area (Å²) in [7, 11) is -2.91. The van der Waals surface area contributed by atoms with Crippen molar-refractivity contribution in [3.63, 3.8) is 0 Å². The predicted molar refractivity (Wildman–Crippen MR) is 94.7 cm³/mol. The molecule has 2 N–H and O–H groups in total. The Morgan fingerprint density at radius 1 is 1.30 bits per heavy atom. The van der Waals surface area contributed by atoms with Crippen molar-refractivity contribution in [1.29, 1.82) is 0 Å². The van der Waals surface area contributed by atoms with E-state index >= 15 is 0 Å². The molecule has 8 heteroatoms. The number of piperazine rings is 3. The number of nitrogens with zero attached hydrogens (tertiary/aromatic N) is 3. The molecule has 23 heavy (non-hydrogen) atoms. The van der Waals surface area contributed by atoms with Crippen LogP contribution < -0.4 is 10.6 Å². The van der Waals surface area contributed by atoms with Crippen molar-refractivity contribution in [1.82, 2.24) is 20.4 Å². The first-order valence-electron chi connectivity index (χ1n) is 8.56. The predicted octanol–water partition coefficient (Wildman–Crippen LogP) is -0.635. The van der Waals surface area contributed by atoms with Crippen LogP contribution in [0.2, 0.25) is 0 Å². The monoisotopic (exact) mass is 345 g/mol. The van der Waals surface area contributed by atoms with E-state index in [1.807, 2.05) is 13.8 Å². The maximum Gasteiger partial charge on any atom is 0.191 e. The van der Waals surface area contributed by atoms with Gasteiger partial charge in [-0.3, -0.25) is 14.8 Å². The Balaban J connectivity index is 1.84. The number of rotatable bonds is 7. The second-order valence-corrected chi connectivity index (χ2v) is 8.93. The normalized spacial score (nSPS) is 29.3. The van der Waals surface area contributed by atoms with E-state index in [4.69, 9.17) is 4.99 Å². The summed E-state index contributed by atoms with van der Waals surface area (Å²) in [5.74, 6) is 0.984. The van der Waals surface area contributed by atoms with Gasteiger partial charge in [0.2, 0.25) is 0 Å². The Kier molecular flexibility index (Phi) is 6.67. The molecule has 3 heterocycles. The van der Waals surface area contributed by atoms with Gasteiger partial charge < -0.3 is 10.6 Å². The average Bonchev–Trinajstić information content (AvgIpc) is 2.51. The maximum atomic E-state index is 11.3. The SMILES string of the molecule is CCNC(=NCC1CN2CCN1CC2)NC(C)CCS(C)(=O)=O. The van der Waals surface area contributed by atoms with Gasteiger partial charge in [-0.1, -0.05) is 0 Å². The van der Waals surface area contributed by atoms with E-state index in [-0.39, 0.29) is 11.8 Å². The number of fused-ring (bicyclic) bond motifs is 3. The fraction of sp³-hybridized carbons (Fsp3) is 0.933. The minimum absolute atomic E-state index is 0.0781. The second kappa shape index (κ2) is 8.30. The Morgan fingerprint density at radius 3 is 2.52 bits per heavy atom. The average molecular weight is 346 g/mol. The number of guanidine groups is 1. The Labute approximate surface area is 140 Å². The van der Waals surface area contributed by atoms with Gasteiger partial charge in [-0.15, -0.1) is 0 Å². The highest BCUT2D eigenvalue weighted by Crippen LogP contribution is 2.15. The molecule has 3 rings (SSSR count). The van der Waals surface area contributed by atoms with E-state index in [0.29, 0.717) is 12.5 Å². The van der Waals surface area contributed by atoms with Crippen LogP contribution >= 0.6 is 0 Å². The molecular formula is C15H31N5O2S. The van der Waals surface area contributed by atoms with Crippen LogP contribution in [0.25, 0.3) is 0 Å². The number of sulfone groups is 1. The third kappa shape index (κ3) is 6.27. The van der Waals surface area contributed by atoms with Crippen molar-refractivity contribution in [2.45, 2.75) is 32.4 Å². The zero-order chi connectivity index (χ0) is 16.9. The van der Waals surface area contributed by atoms with Crippen molar-refractivity contribution in [3.05, 3.63) is 0 Å². The molecule has 0 aliphatic carbocycles. The largest absolute Gasteiger partial charge is 0.357 e. The van der Waals surface area contributed by atoms with Gasteiger partial charge in [-0.05, 0) is 20.3 Å². The molecular weight excluding hydrogens is 314 g/mol. The third-order valence-corrected chi connectivity index (χ3v) is 5.48. The lowest BCUT2D eigenvalue weighted by Gasteiger charge is -2.47. The van der Waals surface area contributed by atoms with Gasteiger partial charge in [0.1, 0.15) is 9.84 Å². The van der Waals surface area contributed by atoms with Gasteiger partial charge in [0.05, 0.1) is 12.3 Å². The molecule has 3 aliphatic heterocycles. The summed E-state index contributed by atoms with van der Waals surface area (Å²) in [5, 5.41) is 6.57. The first-order valence-corrected chi connectivity index (χ1v) is 10.6. The quantitative estimate of drug-likeness (QED) is 0.472. The van der Waals surface area contributed by atoms with E-state index in [2.05, 4.69) is 20.4 Å². The molecule has 0 saturated carbocycles. The number of hydrogen-bond donors (Lipinski definition) is 2. The van der Waals surface area contributed by atoms with Gasteiger partial charge in [-0.2, -0.15) is 0 Å². The van der Waals surface area contributed by atoms with Crippen LogP contribution in [0, 0.1) is 0 Å². The molecule has 0 amide bonds. The summed E-state index contributed by atoms with van der Waals surface area (Å²) < 4.78 is 22.5. The molecule has 0 aromatic carbocycles. The molecule has 0 spiro atoms. The second-order valence-electron chi connectivity index (χ2n) is 6.67. The summed E-state index contributed by atoms with van der Waals surface area (Å²) >= 11 is 0. The fourth-order valence-electron chi connectivity index (χ4n) is 3.11. The number of nitrogens with one attached hydrogen (secondary N) is 2.